The highest BCUT2D eigenvalue weighted by molar-refractivity contribution is 9.10. The third-order valence-corrected chi connectivity index (χ3v) is 4.44. The molecule has 0 spiro atoms. The molecule has 0 radical (unpaired) electrons. The molecular formula is C12H14BrNO. The van der Waals surface area contributed by atoms with Gasteiger partial charge in [-0.05, 0) is 59.0 Å². The van der Waals surface area contributed by atoms with Gasteiger partial charge in [-0.2, -0.15) is 0 Å². The van der Waals surface area contributed by atoms with Crippen molar-refractivity contribution in [2.24, 2.45) is 0 Å². The Labute approximate surface area is 98.2 Å². The molecule has 2 bridgehead atoms. The maximum Gasteiger partial charge on any atom is 0.216 e. The molecule has 1 fully saturated rings. The number of fused-ring (bicyclic) bond motifs is 2. The molecule has 4 rings (SSSR count). The van der Waals surface area contributed by atoms with Gasteiger partial charge in [0.2, 0.25) is 5.88 Å². The van der Waals surface area contributed by atoms with Gasteiger partial charge in [0.15, 0.2) is 0 Å². The molecule has 1 heterocycles. The molecule has 0 unspecified atom stereocenters. The Morgan fingerprint density at radius 3 is 2.40 bits per heavy atom. The fourth-order valence-electron chi connectivity index (χ4n) is 3.14. The third kappa shape index (κ3) is 1.32. The number of methoxy groups -OCH3 is 1. The van der Waals surface area contributed by atoms with Crippen LogP contribution in [0.1, 0.15) is 48.6 Å². The topological polar surface area (TPSA) is 22.1 Å². The van der Waals surface area contributed by atoms with Crippen molar-refractivity contribution in [3.05, 3.63) is 21.8 Å². The second-order valence-corrected chi connectivity index (χ2v) is 5.35. The first kappa shape index (κ1) is 9.64. The van der Waals surface area contributed by atoms with Crippen molar-refractivity contribution in [2.75, 3.05) is 7.11 Å². The summed E-state index contributed by atoms with van der Waals surface area (Å²) in [6, 6.07) is 0. The molecule has 0 amide bonds. The fraction of sp³-hybridized carbons (Fsp3) is 0.583. The van der Waals surface area contributed by atoms with E-state index in [1.807, 2.05) is 6.20 Å². The second-order valence-electron chi connectivity index (χ2n) is 4.49. The Bertz CT molecular complexity index is 397. The monoisotopic (exact) mass is 267 g/mol. The van der Waals surface area contributed by atoms with Gasteiger partial charge in [0, 0.05) is 16.2 Å². The summed E-state index contributed by atoms with van der Waals surface area (Å²) in [5.74, 6) is 2.27. The van der Waals surface area contributed by atoms with Crippen LogP contribution in [0.3, 0.4) is 0 Å². The van der Waals surface area contributed by atoms with E-state index in [0.717, 1.165) is 11.8 Å². The predicted octanol–water partition coefficient (Wildman–Crippen LogP) is 3.61. The van der Waals surface area contributed by atoms with Crippen molar-refractivity contribution in [1.82, 2.24) is 4.98 Å². The van der Waals surface area contributed by atoms with E-state index in [-0.39, 0.29) is 0 Å². The van der Waals surface area contributed by atoms with E-state index in [9.17, 15) is 0 Å². The Morgan fingerprint density at radius 2 is 1.80 bits per heavy atom. The van der Waals surface area contributed by atoms with Gasteiger partial charge in [0.05, 0.1) is 7.11 Å². The maximum absolute atomic E-state index is 5.39. The van der Waals surface area contributed by atoms with E-state index in [2.05, 4.69) is 20.9 Å². The number of hydrogen-bond donors (Lipinski definition) is 0. The smallest absolute Gasteiger partial charge is 0.216 e. The van der Waals surface area contributed by atoms with Gasteiger partial charge < -0.3 is 4.74 Å². The quantitative estimate of drug-likeness (QED) is 0.776. The van der Waals surface area contributed by atoms with Gasteiger partial charge >= 0.3 is 0 Å². The molecule has 15 heavy (non-hydrogen) atoms. The van der Waals surface area contributed by atoms with Crippen molar-refractivity contribution in [3.8, 4) is 5.88 Å². The first-order valence-corrected chi connectivity index (χ1v) is 6.33. The molecule has 0 aliphatic heterocycles. The van der Waals surface area contributed by atoms with Crippen molar-refractivity contribution in [2.45, 2.75) is 37.5 Å². The van der Waals surface area contributed by atoms with Crippen LogP contribution >= 0.6 is 15.9 Å². The van der Waals surface area contributed by atoms with E-state index in [0.29, 0.717) is 5.92 Å². The number of halogens is 1. The van der Waals surface area contributed by atoms with Crippen LogP contribution in [0.2, 0.25) is 0 Å². The Balaban J connectivity index is 2.24. The molecule has 1 saturated carbocycles. The Hall–Kier alpha value is -0.570. The van der Waals surface area contributed by atoms with Crippen LogP contribution in [0.25, 0.3) is 0 Å². The normalized spacial score (nSPS) is 27.6. The molecule has 1 aromatic rings. The minimum atomic E-state index is 0.685. The zero-order valence-electron chi connectivity index (χ0n) is 8.79. The number of pyridine rings is 1. The molecular weight excluding hydrogens is 254 g/mol. The largest absolute Gasteiger partial charge is 0.481 e. The van der Waals surface area contributed by atoms with E-state index in [1.165, 1.54) is 41.3 Å². The highest BCUT2D eigenvalue weighted by atomic mass is 79.9. The number of hydrogen-bond acceptors (Lipinski definition) is 2. The van der Waals surface area contributed by atoms with Gasteiger partial charge in [-0.1, -0.05) is 0 Å². The van der Waals surface area contributed by atoms with Crippen LogP contribution in [-0.4, -0.2) is 12.1 Å². The molecule has 1 aromatic heterocycles. The van der Waals surface area contributed by atoms with Crippen molar-refractivity contribution >= 4 is 15.9 Å². The van der Waals surface area contributed by atoms with Crippen LogP contribution in [0.5, 0.6) is 5.88 Å². The van der Waals surface area contributed by atoms with Gasteiger partial charge in [-0.3, -0.25) is 0 Å². The SMILES string of the molecule is COc1ncc(Br)c2c1C1CCC2CC1. The lowest BCUT2D eigenvalue weighted by molar-refractivity contribution is 0.327. The molecule has 3 aliphatic carbocycles. The number of aromatic nitrogens is 1. The summed E-state index contributed by atoms with van der Waals surface area (Å²) in [6.45, 7) is 0. The van der Waals surface area contributed by atoms with Crippen LogP contribution in [0, 0.1) is 0 Å². The summed E-state index contributed by atoms with van der Waals surface area (Å²) in [5, 5.41) is 0. The molecule has 2 nitrogen and oxygen atoms in total. The maximum atomic E-state index is 5.39. The van der Waals surface area contributed by atoms with Crippen molar-refractivity contribution < 1.29 is 4.74 Å². The first-order valence-electron chi connectivity index (χ1n) is 5.53. The zero-order chi connectivity index (χ0) is 10.4. The standard InChI is InChI=1S/C12H14BrNO/c1-15-12-11-8-4-2-7(3-5-8)10(11)9(13)6-14-12/h6-8H,2-5H2,1H3. The third-order valence-electron chi connectivity index (χ3n) is 3.81. The first-order chi connectivity index (χ1) is 7.31. The van der Waals surface area contributed by atoms with Crippen LogP contribution in [0.15, 0.2) is 10.7 Å². The van der Waals surface area contributed by atoms with Crippen molar-refractivity contribution in [1.29, 1.82) is 0 Å². The number of ether oxygens (including phenoxy) is 1. The lowest BCUT2D eigenvalue weighted by Crippen LogP contribution is -2.23. The summed E-state index contributed by atoms with van der Waals surface area (Å²) < 4.78 is 6.56. The lowest BCUT2D eigenvalue weighted by atomic mass is 9.67. The fourth-order valence-corrected chi connectivity index (χ4v) is 3.78. The second kappa shape index (κ2) is 3.48. The lowest BCUT2D eigenvalue weighted by Gasteiger charge is -2.39. The highest BCUT2D eigenvalue weighted by Gasteiger charge is 2.36. The van der Waals surface area contributed by atoms with Gasteiger partial charge in [-0.15, -0.1) is 0 Å². The summed E-state index contributed by atoms with van der Waals surface area (Å²) >= 11 is 3.63. The van der Waals surface area contributed by atoms with Gasteiger partial charge in [0.25, 0.3) is 0 Å². The summed E-state index contributed by atoms with van der Waals surface area (Å²) in [6.07, 6.45) is 7.18. The Kier molecular flexibility index (Phi) is 2.23. The van der Waals surface area contributed by atoms with Crippen LogP contribution in [0.4, 0.5) is 0 Å². The van der Waals surface area contributed by atoms with E-state index < -0.39 is 0 Å². The van der Waals surface area contributed by atoms with Crippen LogP contribution in [-0.2, 0) is 0 Å². The molecule has 3 aliphatic rings. The summed E-state index contributed by atoms with van der Waals surface area (Å²) in [5.41, 5.74) is 2.86. The summed E-state index contributed by atoms with van der Waals surface area (Å²) in [4.78, 5) is 4.36. The minimum Gasteiger partial charge on any atom is -0.481 e. The van der Waals surface area contributed by atoms with E-state index in [4.69, 9.17) is 4.74 Å². The Morgan fingerprint density at radius 1 is 1.20 bits per heavy atom. The molecule has 80 valence electrons. The number of nitrogens with zero attached hydrogens (tertiary/aromatic N) is 1. The molecule has 0 N–H and O–H groups in total. The van der Waals surface area contributed by atoms with Gasteiger partial charge in [-0.25, -0.2) is 4.98 Å². The predicted molar refractivity (Wildman–Crippen MR) is 62.4 cm³/mol. The molecule has 3 heteroatoms. The van der Waals surface area contributed by atoms with E-state index in [1.54, 1.807) is 7.11 Å². The molecule has 0 atom stereocenters. The van der Waals surface area contributed by atoms with Crippen LogP contribution < -0.4 is 4.74 Å². The van der Waals surface area contributed by atoms with E-state index >= 15 is 0 Å². The average Bonchev–Trinajstić information content (AvgIpc) is 2.31. The van der Waals surface area contributed by atoms with Gasteiger partial charge in [0.1, 0.15) is 0 Å². The van der Waals surface area contributed by atoms with Crippen molar-refractivity contribution in [3.63, 3.8) is 0 Å². The highest BCUT2D eigenvalue weighted by Crippen LogP contribution is 2.53. The molecule has 0 saturated heterocycles. The summed E-state index contributed by atoms with van der Waals surface area (Å²) in [7, 11) is 1.72. The number of rotatable bonds is 1. The average molecular weight is 268 g/mol. The zero-order valence-corrected chi connectivity index (χ0v) is 10.4. The minimum absolute atomic E-state index is 0.685. The molecule has 0 aromatic carbocycles.